The molecule has 0 aliphatic carbocycles. The Morgan fingerprint density at radius 2 is 1.83 bits per heavy atom. The molecule has 3 aromatic rings. The minimum Gasteiger partial charge on any atom is -0.487 e. The zero-order valence-corrected chi connectivity index (χ0v) is 17.1. The summed E-state index contributed by atoms with van der Waals surface area (Å²) in [6.07, 6.45) is 0.739. The Bertz CT molecular complexity index is 1020. The van der Waals surface area contributed by atoms with Gasteiger partial charge in [-0.15, -0.1) is 0 Å². The van der Waals surface area contributed by atoms with Crippen molar-refractivity contribution in [3.63, 3.8) is 0 Å². The molecule has 4 heteroatoms. The van der Waals surface area contributed by atoms with Crippen LogP contribution in [0, 0.1) is 0 Å². The van der Waals surface area contributed by atoms with Crippen LogP contribution >= 0.6 is 0 Å². The molecule has 0 saturated carbocycles. The van der Waals surface area contributed by atoms with Crippen LogP contribution in [0.2, 0.25) is 0 Å². The van der Waals surface area contributed by atoms with Gasteiger partial charge < -0.3 is 14.8 Å². The summed E-state index contributed by atoms with van der Waals surface area (Å²) < 4.78 is 12.3. The smallest absolute Gasteiger partial charge is 0.261 e. The number of carbonyl (C=O) groups is 1. The molecule has 3 aromatic carbocycles. The van der Waals surface area contributed by atoms with Crippen LogP contribution in [0.4, 0.5) is 0 Å². The number of ether oxygens (including phenoxy) is 2. The quantitative estimate of drug-likeness (QED) is 0.634. The van der Waals surface area contributed by atoms with Gasteiger partial charge in [0.1, 0.15) is 17.1 Å². The van der Waals surface area contributed by atoms with E-state index >= 15 is 0 Å². The van der Waals surface area contributed by atoms with Crippen LogP contribution in [-0.4, -0.2) is 17.6 Å². The highest BCUT2D eigenvalue weighted by Crippen LogP contribution is 2.39. The Morgan fingerprint density at radius 3 is 2.66 bits per heavy atom. The first-order valence-corrected chi connectivity index (χ1v) is 10.2. The molecule has 0 radical (unpaired) electrons. The van der Waals surface area contributed by atoms with E-state index < -0.39 is 6.10 Å². The van der Waals surface area contributed by atoms with Crippen LogP contribution < -0.4 is 14.8 Å². The zero-order chi connectivity index (χ0) is 20.4. The van der Waals surface area contributed by atoms with Gasteiger partial charge in [-0.05, 0) is 37.8 Å². The summed E-state index contributed by atoms with van der Waals surface area (Å²) in [5.41, 5.74) is 0.671. The van der Waals surface area contributed by atoms with Crippen molar-refractivity contribution in [2.75, 3.05) is 0 Å². The lowest BCUT2D eigenvalue weighted by atomic mass is 9.89. The van der Waals surface area contributed by atoms with Gasteiger partial charge in [-0.2, -0.15) is 0 Å². The molecule has 4 rings (SSSR count). The summed E-state index contributed by atoms with van der Waals surface area (Å²) in [5, 5.41) is 5.32. The number of benzene rings is 3. The second-order valence-corrected chi connectivity index (χ2v) is 8.16. The maximum absolute atomic E-state index is 13.1. The first-order valence-electron chi connectivity index (χ1n) is 10.2. The topological polar surface area (TPSA) is 47.6 Å². The van der Waals surface area contributed by atoms with Gasteiger partial charge in [0, 0.05) is 17.4 Å². The van der Waals surface area contributed by atoms with Gasteiger partial charge in [-0.25, -0.2) is 0 Å². The summed E-state index contributed by atoms with van der Waals surface area (Å²) in [4.78, 5) is 13.1. The van der Waals surface area contributed by atoms with Crippen LogP contribution in [0.25, 0.3) is 10.8 Å². The van der Waals surface area contributed by atoms with Gasteiger partial charge in [-0.3, -0.25) is 4.79 Å². The van der Waals surface area contributed by atoms with Gasteiger partial charge in [-0.1, -0.05) is 61.5 Å². The molecule has 0 aromatic heterocycles. The maximum atomic E-state index is 13.1. The number of nitrogens with one attached hydrogen (secondary N) is 1. The molecule has 1 aliphatic rings. The Kier molecular flexibility index (Phi) is 5.18. The van der Waals surface area contributed by atoms with E-state index in [9.17, 15) is 4.79 Å². The number of fused-ring (bicyclic) bond motifs is 2. The molecule has 2 atom stereocenters. The minimum absolute atomic E-state index is 0.0991. The maximum Gasteiger partial charge on any atom is 0.261 e. The van der Waals surface area contributed by atoms with Crippen LogP contribution in [0.15, 0.2) is 66.7 Å². The van der Waals surface area contributed by atoms with Crippen molar-refractivity contribution in [1.29, 1.82) is 0 Å². The highest BCUT2D eigenvalue weighted by Gasteiger charge is 2.35. The first-order chi connectivity index (χ1) is 14.0. The Morgan fingerprint density at radius 1 is 1.10 bits per heavy atom. The summed E-state index contributed by atoms with van der Waals surface area (Å²) in [5.74, 6) is 1.47. The fraction of sp³-hybridized carbons (Fsp3) is 0.320. The van der Waals surface area contributed by atoms with E-state index in [4.69, 9.17) is 9.47 Å². The molecule has 1 heterocycles. The molecule has 0 fully saturated rings. The molecule has 0 spiro atoms. The highest BCUT2D eigenvalue weighted by atomic mass is 16.5. The molecule has 0 unspecified atom stereocenters. The van der Waals surface area contributed by atoms with Crippen molar-refractivity contribution < 1.29 is 14.3 Å². The van der Waals surface area contributed by atoms with Crippen LogP contribution in [-0.2, 0) is 4.79 Å². The predicted octanol–water partition coefficient (Wildman–Crippen LogP) is 5.42. The summed E-state index contributed by atoms with van der Waals surface area (Å²) in [6, 6.07) is 21.8. The van der Waals surface area contributed by atoms with Gasteiger partial charge in [0.2, 0.25) is 0 Å². The van der Waals surface area contributed by atoms with E-state index in [2.05, 4.69) is 5.32 Å². The third-order valence-corrected chi connectivity index (χ3v) is 5.37. The first kappa shape index (κ1) is 19.3. The normalized spacial score (nSPS) is 18.4. The molecule has 0 bridgehead atoms. The SMILES string of the molecule is CC[C@H](Oc1cccc2ccccc12)C(=O)N[C@@H]1CC(C)(C)Oc2ccccc21. The van der Waals surface area contributed by atoms with Crippen molar-refractivity contribution >= 4 is 16.7 Å². The third-order valence-electron chi connectivity index (χ3n) is 5.37. The lowest BCUT2D eigenvalue weighted by Crippen LogP contribution is -2.45. The summed E-state index contributed by atoms with van der Waals surface area (Å²) >= 11 is 0. The number of carbonyl (C=O) groups excluding carboxylic acids is 1. The van der Waals surface area contributed by atoms with Crippen LogP contribution in [0.5, 0.6) is 11.5 Å². The van der Waals surface area contributed by atoms with Crippen molar-refractivity contribution in [2.45, 2.75) is 51.4 Å². The number of amides is 1. The van der Waals surface area contributed by atoms with E-state index in [1.807, 2.05) is 87.5 Å². The molecule has 4 nitrogen and oxygen atoms in total. The van der Waals surface area contributed by atoms with E-state index in [1.54, 1.807) is 0 Å². The second kappa shape index (κ2) is 7.78. The van der Waals surface area contributed by atoms with Crippen molar-refractivity contribution in [2.24, 2.45) is 0 Å². The van der Waals surface area contributed by atoms with E-state index in [0.717, 1.165) is 27.8 Å². The number of para-hydroxylation sites is 1. The summed E-state index contributed by atoms with van der Waals surface area (Å²) in [7, 11) is 0. The lowest BCUT2D eigenvalue weighted by Gasteiger charge is -2.38. The second-order valence-electron chi connectivity index (χ2n) is 8.16. The average Bonchev–Trinajstić information content (AvgIpc) is 2.71. The molecule has 29 heavy (non-hydrogen) atoms. The monoisotopic (exact) mass is 389 g/mol. The van der Waals surface area contributed by atoms with E-state index in [1.165, 1.54) is 0 Å². The van der Waals surface area contributed by atoms with Gasteiger partial charge in [0.15, 0.2) is 6.10 Å². The average molecular weight is 389 g/mol. The van der Waals surface area contributed by atoms with Crippen molar-refractivity contribution in [3.8, 4) is 11.5 Å². The fourth-order valence-corrected chi connectivity index (χ4v) is 3.97. The Balaban J connectivity index is 1.55. The van der Waals surface area contributed by atoms with Crippen molar-refractivity contribution in [3.05, 3.63) is 72.3 Å². The molecule has 1 N–H and O–H groups in total. The van der Waals surface area contributed by atoms with Gasteiger partial charge in [0.25, 0.3) is 5.91 Å². The molecular formula is C25H27NO3. The Hall–Kier alpha value is -3.01. The summed E-state index contributed by atoms with van der Waals surface area (Å²) in [6.45, 7) is 6.06. The molecule has 1 aliphatic heterocycles. The van der Waals surface area contributed by atoms with Crippen LogP contribution in [0.1, 0.15) is 45.2 Å². The zero-order valence-electron chi connectivity index (χ0n) is 17.1. The molecule has 150 valence electrons. The highest BCUT2D eigenvalue weighted by molar-refractivity contribution is 5.89. The van der Waals surface area contributed by atoms with Gasteiger partial charge in [0.05, 0.1) is 6.04 Å². The molecular weight excluding hydrogens is 362 g/mol. The van der Waals surface area contributed by atoms with E-state index in [0.29, 0.717) is 12.8 Å². The molecule has 1 amide bonds. The predicted molar refractivity (Wildman–Crippen MR) is 115 cm³/mol. The largest absolute Gasteiger partial charge is 0.487 e. The fourth-order valence-electron chi connectivity index (χ4n) is 3.97. The number of hydrogen-bond donors (Lipinski definition) is 1. The molecule has 0 saturated heterocycles. The van der Waals surface area contributed by atoms with Crippen LogP contribution in [0.3, 0.4) is 0 Å². The standard InChI is InChI=1S/C25H27NO3/c1-4-21(28-22-15-9-11-17-10-5-6-12-18(17)22)24(27)26-20-16-25(2,3)29-23-14-8-7-13-19(20)23/h5-15,20-21H,4,16H2,1-3H3,(H,26,27)/t20-,21+/m1/s1. The third kappa shape index (κ3) is 4.07. The number of hydrogen-bond acceptors (Lipinski definition) is 3. The van der Waals surface area contributed by atoms with Gasteiger partial charge >= 0.3 is 0 Å². The Labute approximate surface area is 171 Å². The lowest BCUT2D eigenvalue weighted by molar-refractivity contribution is -0.129. The number of rotatable bonds is 5. The minimum atomic E-state index is -0.557. The van der Waals surface area contributed by atoms with Crippen molar-refractivity contribution in [1.82, 2.24) is 5.32 Å². The van der Waals surface area contributed by atoms with E-state index in [-0.39, 0.29) is 17.6 Å².